The number of pyridine rings is 2. The fourth-order valence-electron chi connectivity index (χ4n) is 4.69. The molecule has 0 bridgehead atoms. The molecule has 5 heterocycles. The summed E-state index contributed by atoms with van der Waals surface area (Å²) in [6, 6.07) is 5.54. The molecule has 178 valence electrons. The van der Waals surface area contributed by atoms with Crippen molar-refractivity contribution in [3.05, 3.63) is 35.6 Å². The van der Waals surface area contributed by atoms with Crippen LogP contribution in [0.1, 0.15) is 32.4 Å². The molecule has 4 aromatic rings. The van der Waals surface area contributed by atoms with Gasteiger partial charge in [-0.25, -0.2) is 9.97 Å². The van der Waals surface area contributed by atoms with E-state index in [1.54, 1.807) is 26.5 Å². The Hall–Kier alpha value is -3.30. The van der Waals surface area contributed by atoms with Crippen molar-refractivity contribution in [1.82, 2.24) is 24.4 Å². The summed E-state index contributed by atoms with van der Waals surface area (Å²) in [4.78, 5) is 27.1. The van der Waals surface area contributed by atoms with Gasteiger partial charge in [0.1, 0.15) is 17.3 Å². The van der Waals surface area contributed by atoms with E-state index in [1.165, 1.54) is 0 Å². The van der Waals surface area contributed by atoms with Crippen molar-refractivity contribution in [2.24, 2.45) is 0 Å². The van der Waals surface area contributed by atoms with Crippen LogP contribution in [0.15, 0.2) is 30.6 Å². The summed E-state index contributed by atoms with van der Waals surface area (Å²) in [6.07, 6.45) is 4.10. The highest BCUT2D eigenvalue weighted by molar-refractivity contribution is 6.35. The Morgan fingerprint density at radius 1 is 1.32 bits per heavy atom. The number of hydrogen-bond acceptors (Lipinski definition) is 6. The van der Waals surface area contributed by atoms with Crippen LogP contribution in [0.2, 0.25) is 5.02 Å². The predicted octanol–water partition coefficient (Wildman–Crippen LogP) is 4.14. The van der Waals surface area contributed by atoms with Crippen molar-refractivity contribution in [2.45, 2.75) is 38.5 Å². The summed E-state index contributed by atoms with van der Waals surface area (Å²) in [5, 5.41) is 11.9. The lowest BCUT2D eigenvalue weighted by Gasteiger charge is -2.39. The van der Waals surface area contributed by atoms with Crippen LogP contribution in [0.5, 0.6) is 11.6 Å². The Labute approximate surface area is 201 Å². The number of likely N-dealkylation sites (tertiary alicyclic amines) is 1. The number of piperidine rings is 1. The van der Waals surface area contributed by atoms with Crippen LogP contribution < -0.4 is 9.47 Å². The van der Waals surface area contributed by atoms with E-state index in [0.717, 1.165) is 22.2 Å². The Balaban J connectivity index is 1.76. The molecule has 1 fully saturated rings. The number of aliphatic hydroxyl groups excluding tert-OH is 1. The highest BCUT2D eigenvalue weighted by atomic mass is 35.5. The Bertz CT molecular complexity index is 1380. The first kappa shape index (κ1) is 22.5. The number of ether oxygens (including phenoxy) is 2. The maximum Gasteiger partial charge on any atom is 0.257 e. The fraction of sp³-hybridized carbons (Fsp3) is 0.375. The molecular formula is C24H26ClN5O4. The number of fused-ring (bicyclic) bond motifs is 2. The van der Waals surface area contributed by atoms with Gasteiger partial charge in [0.05, 0.1) is 36.6 Å². The minimum atomic E-state index is -0.504. The number of nitrogens with zero attached hydrogens (tertiary/aromatic N) is 4. The average Bonchev–Trinajstić information content (AvgIpc) is 3.44. The molecule has 4 aromatic heterocycles. The van der Waals surface area contributed by atoms with Gasteiger partial charge < -0.3 is 29.0 Å². The fourth-order valence-corrected chi connectivity index (χ4v) is 4.89. The number of carbonyl (C=O) groups excluding carboxylic acids is 1. The van der Waals surface area contributed by atoms with Gasteiger partial charge >= 0.3 is 0 Å². The minimum absolute atomic E-state index is 0.0373. The van der Waals surface area contributed by atoms with Crippen LogP contribution in [0.25, 0.3) is 33.3 Å². The number of halogens is 1. The molecule has 2 atom stereocenters. The third-order valence-corrected chi connectivity index (χ3v) is 6.74. The van der Waals surface area contributed by atoms with Gasteiger partial charge in [-0.2, -0.15) is 0 Å². The number of carbonyl (C=O) groups is 1. The molecule has 0 aliphatic carbocycles. The van der Waals surface area contributed by atoms with E-state index in [9.17, 15) is 9.90 Å². The van der Waals surface area contributed by atoms with Crippen molar-refractivity contribution in [1.29, 1.82) is 0 Å². The number of amides is 1. The number of H-pyrrole nitrogens is 1. The third-order valence-electron chi connectivity index (χ3n) is 6.41. The molecule has 1 amide bonds. The van der Waals surface area contributed by atoms with Gasteiger partial charge in [0.25, 0.3) is 5.88 Å². The summed E-state index contributed by atoms with van der Waals surface area (Å²) in [5.74, 6) is 0.869. The van der Waals surface area contributed by atoms with Gasteiger partial charge in [0, 0.05) is 48.8 Å². The van der Waals surface area contributed by atoms with Crippen LogP contribution in [-0.2, 0) is 4.79 Å². The van der Waals surface area contributed by atoms with Crippen LogP contribution >= 0.6 is 11.6 Å². The Morgan fingerprint density at radius 2 is 2.15 bits per heavy atom. The van der Waals surface area contributed by atoms with Gasteiger partial charge in [-0.15, -0.1) is 0 Å². The van der Waals surface area contributed by atoms with Gasteiger partial charge in [-0.3, -0.25) is 4.79 Å². The highest BCUT2D eigenvalue weighted by Crippen LogP contribution is 2.40. The van der Waals surface area contributed by atoms with Crippen LogP contribution in [0, 0.1) is 0 Å². The summed E-state index contributed by atoms with van der Waals surface area (Å²) in [5.41, 5.74) is 3.68. The zero-order valence-electron chi connectivity index (χ0n) is 19.2. The van der Waals surface area contributed by atoms with Crippen molar-refractivity contribution >= 4 is 39.6 Å². The molecule has 0 saturated carbocycles. The van der Waals surface area contributed by atoms with E-state index < -0.39 is 6.10 Å². The van der Waals surface area contributed by atoms with Gasteiger partial charge in [-0.05, 0) is 18.6 Å². The van der Waals surface area contributed by atoms with Crippen molar-refractivity contribution in [2.75, 3.05) is 20.8 Å². The largest absolute Gasteiger partial charge is 0.491 e. The monoisotopic (exact) mass is 483 g/mol. The summed E-state index contributed by atoms with van der Waals surface area (Å²) in [6.45, 7) is 2.33. The normalized spacial score (nSPS) is 18.6. The zero-order chi connectivity index (χ0) is 24.0. The minimum Gasteiger partial charge on any atom is -0.491 e. The smallest absolute Gasteiger partial charge is 0.257 e. The van der Waals surface area contributed by atoms with Gasteiger partial charge in [-0.1, -0.05) is 18.5 Å². The number of aliphatic hydroxyl groups is 1. The molecular weight excluding hydrogens is 458 g/mol. The van der Waals surface area contributed by atoms with Crippen molar-refractivity contribution in [3.63, 3.8) is 0 Å². The van der Waals surface area contributed by atoms with Gasteiger partial charge in [0.15, 0.2) is 5.75 Å². The number of hydrogen-bond donors (Lipinski definition) is 2. The number of aromatic nitrogens is 4. The molecule has 1 saturated heterocycles. The van der Waals surface area contributed by atoms with Crippen LogP contribution in [0.3, 0.4) is 0 Å². The summed E-state index contributed by atoms with van der Waals surface area (Å²) in [7, 11) is 3.10. The molecule has 0 spiro atoms. The number of rotatable bonds is 5. The molecule has 2 N–H and O–H groups in total. The first-order valence-electron chi connectivity index (χ1n) is 11.2. The predicted molar refractivity (Wildman–Crippen MR) is 129 cm³/mol. The molecule has 0 aromatic carbocycles. The standard InChI is InChI=1S/C24H26ClN5O4/c1-4-21(32)29-8-6-13(31)9-20(29)30-12-15(17-10-14-16(25)5-7-26-23(14)27-17)22-18(30)11-19(33-2)24(28-22)34-3/h5,7,10-13,20,31H,4,6,8-9H2,1-3H3,(H,26,27). The van der Waals surface area contributed by atoms with E-state index in [2.05, 4.69) is 9.97 Å². The second-order valence-corrected chi connectivity index (χ2v) is 8.76. The molecule has 2 unspecified atom stereocenters. The number of methoxy groups -OCH3 is 2. The number of nitrogens with one attached hydrogen (secondary N) is 1. The molecule has 9 nitrogen and oxygen atoms in total. The van der Waals surface area contributed by atoms with Crippen molar-refractivity contribution < 1.29 is 19.4 Å². The average molecular weight is 484 g/mol. The van der Waals surface area contributed by atoms with E-state index in [4.69, 9.17) is 26.1 Å². The zero-order valence-corrected chi connectivity index (χ0v) is 20.0. The summed E-state index contributed by atoms with van der Waals surface area (Å²) < 4.78 is 13.0. The molecule has 34 heavy (non-hydrogen) atoms. The molecule has 1 aliphatic heterocycles. The van der Waals surface area contributed by atoms with Gasteiger partial charge in [0.2, 0.25) is 5.91 Å². The lowest BCUT2D eigenvalue weighted by Crippen LogP contribution is -2.44. The molecule has 5 rings (SSSR count). The molecule has 1 aliphatic rings. The second-order valence-electron chi connectivity index (χ2n) is 8.36. The maximum atomic E-state index is 12.8. The SMILES string of the molecule is CCC(=O)N1CCC(O)CC1n1cc(-c2cc3c(Cl)ccnc3[nH]2)c2nc(OC)c(OC)cc21. The highest BCUT2D eigenvalue weighted by Gasteiger charge is 2.33. The maximum absolute atomic E-state index is 12.8. The second kappa shape index (κ2) is 8.81. The van der Waals surface area contributed by atoms with E-state index in [-0.39, 0.29) is 12.1 Å². The Kier molecular flexibility index (Phi) is 5.83. The van der Waals surface area contributed by atoms with Crippen LogP contribution in [0.4, 0.5) is 0 Å². The molecule has 10 heteroatoms. The first-order valence-corrected chi connectivity index (χ1v) is 11.6. The van der Waals surface area contributed by atoms with Crippen LogP contribution in [-0.4, -0.2) is 62.3 Å². The van der Waals surface area contributed by atoms with E-state index >= 15 is 0 Å². The lowest BCUT2D eigenvalue weighted by atomic mass is 10.0. The van der Waals surface area contributed by atoms with E-state index in [0.29, 0.717) is 53.6 Å². The van der Waals surface area contributed by atoms with Crippen molar-refractivity contribution in [3.8, 4) is 22.9 Å². The van der Waals surface area contributed by atoms with E-state index in [1.807, 2.05) is 34.7 Å². The lowest BCUT2D eigenvalue weighted by molar-refractivity contribution is -0.139. The molecule has 0 radical (unpaired) electrons. The number of aromatic amines is 1. The quantitative estimate of drug-likeness (QED) is 0.442. The summed E-state index contributed by atoms with van der Waals surface area (Å²) >= 11 is 6.39. The third kappa shape index (κ3) is 3.65. The first-order chi connectivity index (χ1) is 16.4. The Morgan fingerprint density at radius 3 is 2.85 bits per heavy atom. The topological polar surface area (TPSA) is 106 Å².